The topological polar surface area (TPSA) is 90.3 Å². The molecule has 19 heavy (non-hydrogen) atoms. The molecule has 1 amide bonds. The SMILES string of the molecule is N#Cc1ccc(CN2CCC[C@](O)(C(N)=O)C2)cc1. The highest BCUT2D eigenvalue weighted by Gasteiger charge is 2.38. The van der Waals surface area contributed by atoms with Gasteiger partial charge >= 0.3 is 0 Å². The smallest absolute Gasteiger partial charge is 0.250 e. The lowest BCUT2D eigenvalue weighted by atomic mass is 9.92. The number of nitriles is 1. The number of hydrogen-bond donors (Lipinski definition) is 2. The minimum absolute atomic E-state index is 0.266. The number of nitrogens with zero attached hydrogens (tertiary/aromatic N) is 2. The molecule has 5 heteroatoms. The van der Waals surface area contributed by atoms with Gasteiger partial charge in [-0.2, -0.15) is 5.26 Å². The zero-order chi connectivity index (χ0) is 13.9. The van der Waals surface area contributed by atoms with E-state index in [1.165, 1.54) is 0 Å². The van der Waals surface area contributed by atoms with Gasteiger partial charge in [-0.3, -0.25) is 9.69 Å². The van der Waals surface area contributed by atoms with Crippen molar-refractivity contribution in [1.82, 2.24) is 4.90 Å². The van der Waals surface area contributed by atoms with Crippen LogP contribution in [0.3, 0.4) is 0 Å². The van der Waals surface area contributed by atoms with Gasteiger partial charge in [0, 0.05) is 13.1 Å². The minimum atomic E-state index is -1.41. The normalized spacial score (nSPS) is 23.8. The number of β-amino-alcohol motifs (C(OH)–C–C–N with tert-alkyl or cyclic N) is 1. The fraction of sp³-hybridized carbons (Fsp3) is 0.429. The van der Waals surface area contributed by atoms with E-state index in [0.717, 1.165) is 18.5 Å². The molecule has 1 atom stereocenters. The van der Waals surface area contributed by atoms with E-state index in [0.29, 0.717) is 18.5 Å². The van der Waals surface area contributed by atoms with Crippen molar-refractivity contribution in [2.24, 2.45) is 5.73 Å². The molecule has 1 aromatic carbocycles. The number of likely N-dealkylation sites (tertiary alicyclic amines) is 1. The number of rotatable bonds is 3. The van der Waals surface area contributed by atoms with E-state index >= 15 is 0 Å². The molecule has 0 unspecified atom stereocenters. The van der Waals surface area contributed by atoms with Crippen LogP contribution in [0.15, 0.2) is 24.3 Å². The first kappa shape index (κ1) is 13.5. The Morgan fingerprint density at radius 1 is 1.47 bits per heavy atom. The maximum atomic E-state index is 11.3. The third-order valence-electron chi connectivity index (χ3n) is 3.50. The summed E-state index contributed by atoms with van der Waals surface area (Å²) in [5.41, 5.74) is 5.50. The highest BCUT2D eigenvalue weighted by molar-refractivity contribution is 5.83. The predicted octanol–water partition coefficient (Wildman–Crippen LogP) is 0.370. The van der Waals surface area contributed by atoms with Crippen molar-refractivity contribution < 1.29 is 9.90 Å². The van der Waals surface area contributed by atoms with E-state index in [9.17, 15) is 9.90 Å². The van der Waals surface area contributed by atoms with E-state index in [-0.39, 0.29) is 6.54 Å². The standard InChI is InChI=1S/C14H17N3O2/c15-8-11-2-4-12(5-3-11)9-17-7-1-6-14(19,10-17)13(16)18/h2-5,19H,1,6-7,9-10H2,(H2,16,18)/t14-/m1/s1. The molecule has 2 rings (SSSR count). The summed E-state index contributed by atoms with van der Waals surface area (Å²) in [7, 11) is 0. The summed E-state index contributed by atoms with van der Waals surface area (Å²) in [4.78, 5) is 13.3. The zero-order valence-electron chi connectivity index (χ0n) is 10.7. The van der Waals surface area contributed by atoms with Crippen molar-refractivity contribution in [2.45, 2.75) is 25.0 Å². The second-order valence-corrected chi connectivity index (χ2v) is 5.02. The third-order valence-corrected chi connectivity index (χ3v) is 3.50. The lowest BCUT2D eigenvalue weighted by Crippen LogP contribution is -2.55. The Bertz CT molecular complexity index is 506. The maximum absolute atomic E-state index is 11.3. The first-order valence-corrected chi connectivity index (χ1v) is 6.27. The molecule has 1 saturated heterocycles. The van der Waals surface area contributed by atoms with Crippen LogP contribution in [0.4, 0.5) is 0 Å². The van der Waals surface area contributed by atoms with Crippen molar-refractivity contribution in [3.63, 3.8) is 0 Å². The summed E-state index contributed by atoms with van der Waals surface area (Å²) in [6.07, 6.45) is 1.17. The fourth-order valence-electron chi connectivity index (χ4n) is 2.40. The molecular formula is C14H17N3O2. The number of amides is 1. The average Bonchev–Trinajstić information content (AvgIpc) is 2.39. The van der Waals surface area contributed by atoms with Crippen LogP contribution in [0.5, 0.6) is 0 Å². The van der Waals surface area contributed by atoms with E-state index in [4.69, 9.17) is 11.0 Å². The van der Waals surface area contributed by atoms with Crippen LogP contribution in [-0.4, -0.2) is 34.6 Å². The Morgan fingerprint density at radius 2 is 2.16 bits per heavy atom. The van der Waals surface area contributed by atoms with E-state index in [2.05, 4.69) is 6.07 Å². The number of piperidine rings is 1. The van der Waals surface area contributed by atoms with Gasteiger partial charge in [0.1, 0.15) is 0 Å². The van der Waals surface area contributed by atoms with E-state index < -0.39 is 11.5 Å². The molecule has 0 spiro atoms. The Labute approximate surface area is 112 Å². The molecule has 0 saturated carbocycles. The molecule has 0 aliphatic carbocycles. The molecule has 100 valence electrons. The van der Waals surface area contributed by atoms with Gasteiger partial charge in [0.2, 0.25) is 0 Å². The second-order valence-electron chi connectivity index (χ2n) is 5.02. The molecule has 1 aliphatic heterocycles. The monoisotopic (exact) mass is 259 g/mol. The van der Waals surface area contributed by atoms with Gasteiger partial charge in [-0.05, 0) is 37.1 Å². The van der Waals surface area contributed by atoms with Crippen molar-refractivity contribution >= 4 is 5.91 Å². The molecule has 5 nitrogen and oxygen atoms in total. The third kappa shape index (κ3) is 3.11. The fourth-order valence-corrected chi connectivity index (χ4v) is 2.40. The number of nitrogens with two attached hydrogens (primary N) is 1. The largest absolute Gasteiger partial charge is 0.379 e. The zero-order valence-corrected chi connectivity index (χ0v) is 10.7. The predicted molar refractivity (Wildman–Crippen MR) is 69.8 cm³/mol. The Balaban J connectivity index is 2.02. The van der Waals surface area contributed by atoms with Crippen LogP contribution < -0.4 is 5.73 Å². The van der Waals surface area contributed by atoms with Crippen molar-refractivity contribution in [3.05, 3.63) is 35.4 Å². The van der Waals surface area contributed by atoms with E-state index in [1.807, 2.05) is 17.0 Å². The average molecular weight is 259 g/mol. The van der Waals surface area contributed by atoms with Crippen LogP contribution in [-0.2, 0) is 11.3 Å². The van der Waals surface area contributed by atoms with Gasteiger partial charge in [0.15, 0.2) is 5.60 Å². The Morgan fingerprint density at radius 3 is 2.74 bits per heavy atom. The van der Waals surface area contributed by atoms with Crippen molar-refractivity contribution in [2.75, 3.05) is 13.1 Å². The summed E-state index contributed by atoms with van der Waals surface area (Å²) in [6, 6.07) is 9.37. The van der Waals surface area contributed by atoms with Crippen LogP contribution in [0.2, 0.25) is 0 Å². The second kappa shape index (κ2) is 5.39. The van der Waals surface area contributed by atoms with Gasteiger partial charge in [-0.25, -0.2) is 0 Å². The highest BCUT2D eigenvalue weighted by Crippen LogP contribution is 2.22. The Hall–Kier alpha value is -1.90. The molecule has 1 fully saturated rings. The van der Waals surface area contributed by atoms with Crippen LogP contribution in [0, 0.1) is 11.3 Å². The minimum Gasteiger partial charge on any atom is -0.379 e. The van der Waals surface area contributed by atoms with E-state index in [1.54, 1.807) is 12.1 Å². The number of carbonyl (C=O) groups is 1. The van der Waals surface area contributed by atoms with Gasteiger partial charge in [-0.15, -0.1) is 0 Å². The van der Waals surface area contributed by atoms with Gasteiger partial charge in [0.05, 0.1) is 11.6 Å². The van der Waals surface area contributed by atoms with Crippen LogP contribution in [0.1, 0.15) is 24.0 Å². The summed E-state index contributed by atoms with van der Waals surface area (Å²) in [5, 5.41) is 18.9. The molecule has 1 aromatic rings. The first-order chi connectivity index (χ1) is 9.03. The summed E-state index contributed by atoms with van der Waals surface area (Å²) in [6.45, 7) is 1.74. The van der Waals surface area contributed by atoms with Gasteiger partial charge < -0.3 is 10.8 Å². The van der Waals surface area contributed by atoms with Crippen LogP contribution >= 0.6 is 0 Å². The summed E-state index contributed by atoms with van der Waals surface area (Å²) in [5.74, 6) is -0.656. The number of carbonyl (C=O) groups excluding carboxylic acids is 1. The molecule has 1 heterocycles. The molecule has 0 aromatic heterocycles. The maximum Gasteiger partial charge on any atom is 0.250 e. The lowest BCUT2D eigenvalue weighted by molar-refractivity contribution is -0.142. The van der Waals surface area contributed by atoms with Crippen molar-refractivity contribution in [1.29, 1.82) is 5.26 Å². The molecule has 3 N–H and O–H groups in total. The number of benzene rings is 1. The summed E-state index contributed by atoms with van der Waals surface area (Å²) < 4.78 is 0. The number of aliphatic hydroxyl groups is 1. The Kier molecular flexibility index (Phi) is 3.84. The van der Waals surface area contributed by atoms with Crippen molar-refractivity contribution in [3.8, 4) is 6.07 Å². The number of hydrogen-bond acceptors (Lipinski definition) is 4. The molecule has 0 bridgehead atoms. The molecule has 1 aliphatic rings. The first-order valence-electron chi connectivity index (χ1n) is 6.27. The number of primary amides is 1. The quantitative estimate of drug-likeness (QED) is 0.820. The van der Waals surface area contributed by atoms with Gasteiger partial charge in [-0.1, -0.05) is 12.1 Å². The summed E-state index contributed by atoms with van der Waals surface area (Å²) >= 11 is 0. The molecular weight excluding hydrogens is 242 g/mol. The lowest BCUT2D eigenvalue weighted by Gasteiger charge is -2.37. The molecule has 0 radical (unpaired) electrons. The highest BCUT2D eigenvalue weighted by atomic mass is 16.3. The van der Waals surface area contributed by atoms with Gasteiger partial charge in [0.25, 0.3) is 5.91 Å². The van der Waals surface area contributed by atoms with Crippen LogP contribution in [0.25, 0.3) is 0 Å².